The maximum Gasteiger partial charge on any atom is 0.243 e. The zero-order valence-corrected chi connectivity index (χ0v) is 14.1. The van der Waals surface area contributed by atoms with E-state index in [1.54, 1.807) is 23.1 Å². The number of nitrogens with zero attached hydrogens (tertiary/aromatic N) is 2. The highest BCUT2D eigenvalue weighted by atomic mass is 32.2. The molecule has 0 bridgehead atoms. The first-order valence-electron chi connectivity index (χ1n) is 7.34. The third-order valence-electron chi connectivity index (χ3n) is 4.01. The van der Waals surface area contributed by atoms with Crippen LogP contribution in [-0.4, -0.2) is 63.3 Å². The highest BCUT2D eigenvalue weighted by molar-refractivity contribution is 7.89. The Morgan fingerprint density at radius 1 is 1.23 bits per heavy atom. The average Bonchev–Trinajstić information content (AvgIpc) is 2.50. The molecular weight excluding hydrogens is 302 g/mol. The molecule has 1 aromatic rings. The summed E-state index contributed by atoms with van der Waals surface area (Å²) in [6.07, 6.45) is 0. The number of nitrogens with one attached hydrogen (secondary N) is 1. The molecule has 1 aliphatic rings. The monoisotopic (exact) mass is 325 g/mol. The van der Waals surface area contributed by atoms with Gasteiger partial charge in [-0.05, 0) is 37.1 Å². The minimum Gasteiger partial charge on any atom is -0.339 e. The topological polar surface area (TPSA) is 69.7 Å². The Bertz CT molecular complexity index is 652. The number of carbonyl (C=O) groups excluding carboxylic acids is 1. The van der Waals surface area contributed by atoms with Gasteiger partial charge in [-0.1, -0.05) is 6.07 Å². The van der Waals surface area contributed by atoms with E-state index in [1.165, 1.54) is 7.05 Å². The molecule has 1 aliphatic heterocycles. The zero-order chi connectivity index (χ0) is 16.3. The summed E-state index contributed by atoms with van der Waals surface area (Å²) in [5.41, 5.74) is 1.96. The summed E-state index contributed by atoms with van der Waals surface area (Å²) in [4.78, 5) is 14.1. The molecule has 22 heavy (non-hydrogen) atoms. The lowest BCUT2D eigenvalue weighted by Crippen LogP contribution is -2.49. The smallest absolute Gasteiger partial charge is 0.243 e. The first-order valence-corrected chi connectivity index (χ1v) is 8.78. The Balaban J connectivity index is 2.11. The van der Waals surface area contributed by atoms with E-state index in [0.717, 1.165) is 28.5 Å². The van der Waals surface area contributed by atoms with E-state index < -0.39 is 10.0 Å². The predicted octanol–water partition coefficient (Wildman–Crippen LogP) is 0.356. The van der Waals surface area contributed by atoms with Crippen molar-refractivity contribution in [1.82, 2.24) is 14.5 Å². The predicted molar refractivity (Wildman–Crippen MR) is 85.2 cm³/mol. The first kappa shape index (κ1) is 16.9. The van der Waals surface area contributed by atoms with Crippen molar-refractivity contribution < 1.29 is 13.2 Å². The number of amides is 1. The van der Waals surface area contributed by atoms with Gasteiger partial charge in [-0.25, -0.2) is 8.42 Å². The number of hydrogen-bond acceptors (Lipinski definition) is 4. The van der Waals surface area contributed by atoms with Gasteiger partial charge in [-0.15, -0.1) is 0 Å². The van der Waals surface area contributed by atoms with Gasteiger partial charge >= 0.3 is 0 Å². The molecule has 0 aliphatic carbocycles. The minimum atomic E-state index is -3.64. The fourth-order valence-electron chi connectivity index (χ4n) is 2.34. The summed E-state index contributed by atoms with van der Waals surface area (Å²) in [5, 5.41) is 3.16. The number of carbonyl (C=O) groups is 1. The van der Waals surface area contributed by atoms with Crippen LogP contribution in [0.4, 0.5) is 0 Å². The molecule has 0 radical (unpaired) electrons. The number of aryl methyl sites for hydroxylation is 2. The normalized spacial score (nSPS) is 16.1. The number of likely N-dealkylation sites (N-methyl/N-ethyl adjacent to an activating group) is 1. The van der Waals surface area contributed by atoms with Crippen LogP contribution in [0.15, 0.2) is 23.1 Å². The Hall–Kier alpha value is -1.44. The van der Waals surface area contributed by atoms with Gasteiger partial charge in [-0.2, -0.15) is 4.31 Å². The van der Waals surface area contributed by atoms with Crippen LogP contribution in [0.3, 0.4) is 0 Å². The summed E-state index contributed by atoms with van der Waals surface area (Å²) in [5.74, 6) is -0.156. The van der Waals surface area contributed by atoms with E-state index in [9.17, 15) is 13.2 Å². The van der Waals surface area contributed by atoms with Crippen molar-refractivity contribution in [2.45, 2.75) is 18.7 Å². The van der Waals surface area contributed by atoms with Crippen molar-refractivity contribution in [2.75, 3.05) is 39.8 Å². The summed E-state index contributed by atoms with van der Waals surface area (Å²) >= 11 is 0. The second-order valence-corrected chi connectivity index (χ2v) is 7.68. The molecule has 0 unspecified atom stereocenters. The quantitative estimate of drug-likeness (QED) is 0.867. The maximum absolute atomic E-state index is 12.6. The fourth-order valence-corrected chi connectivity index (χ4v) is 3.55. The van der Waals surface area contributed by atoms with E-state index in [-0.39, 0.29) is 17.3 Å². The fraction of sp³-hybridized carbons (Fsp3) is 0.533. The SMILES string of the molecule is Cc1ccc(S(=O)(=O)N(C)CC(=O)N2CCNCC2)cc1C. The van der Waals surface area contributed by atoms with Gasteiger partial charge in [0.05, 0.1) is 11.4 Å². The van der Waals surface area contributed by atoms with Crippen molar-refractivity contribution >= 4 is 15.9 Å². The molecule has 1 heterocycles. The van der Waals surface area contributed by atoms with Gasteiger partial charge in [0.25, 0.3) is 0 Å². The van der Waals surface area contributed by atoms with Crippen LogP contribution in [0.5, 0.6) is 0 Å². The number of hydrogen-bond donors (Lipinski definition) is 1. The molecule has 0 saturated carbocycles. The Morgan fingerprint density at radius 2 is 1.86 bits per heavy atom. The summed E-state index contributed by atoms with van der Waals surface area (Å²) in [6, 6.07) is 5.02. The van der Waals surface area contributed by atoms with Gasteiger partial charge in [0, 0.05) is 33.2 Å². The third kappa shape index (κ3) is 3.66. The molecule has 6 nitrogen and oxygen atoms in total. The van der Waals surface area contributed by atoms with Gasteiger partial charge in [0.2, 0.25) is 15.9 Å². The Kier molecular flexibility index (Phi) is 5.20. The molecule has 1 amide bonds. The lowest BCUT2D eigenvalue weighted by molar-refractivity contribution is -0.131. The van der Waals surface area contributed by atoms with E-state index in [4.69, 9.17) is 0 Å². The molecular formula is C15H23N3O3S. The highest BCUT2D eigenvalue weighted by Crippen LogP contribution is 2.18. The lowest BCUT2D eigenvalue weighted by Gasteiger charge is -2.29. The largest absolute Gasteiger partial charge is 0.339 e. The molecule has 122 valence electrons. The third-order valence-corrected chi connectivity index (χ3v) is 5.81. The van der Waals surface area contributed by atoms with Crippen LogP contribution in [0.2, 0.25) is 0 Å². The molecule has 0 aromatic heterocycles. The Morgan fingerprint density at radius 3 is 2.45 bits per heavy atom. The van der Waals surface area contributed by atoms with Crippen LogP contribution >= 0.6 is 0 Å². The minimum absolute atomic E-state index is 0.130. The van der Waals surface area contributed by atoms with Crippen LogP contribution < -0.4 is 5.32 Å². The number of benzene rings is 1. The highest BCUT2D eigenvalue weighted by Gasteiger charge is 2.26. The maximum atomic E-state index is 12.6. The van der Waals surface area contributed by atoms with Crippen LogP contribution in [-0.2, 0) is 14.8 Å². The van der Waals surface area contributed by atoms with Gasteiger partial charge in [0.1, 0.15) is 0 Å². The van der Waals surface area contributed by atoms with Crippen molar-refractivity contribution in [3.63, 3.8) is 0 Å². The summed E-state index contributed by atoms with van der Waals surface area (Å²) in [7, 11) is -2.19. The van der Waals surface area contributed by atoms with E-state index in [2.05, 4.69) is 5.32 Å². The number of rotatable bonds is 4. The van der Waals surface area contributed by atoms with Crippen molar-refractivity contribution in [1.29, 1.82) is 0 Å². The van der Waals surface area contributed by atoms with Crippen molar-refractivity contribution in [3.8, 4) is 0 Å². The van der Waals surface area contributed by atoms with E-state index >= 15 is 0 Å². The average molecular weight is 325 g/mol. The number of sulfonamides is 1. The Labute approximate surface area is 132 Å². The molecule has 7 heteroatoms. The summed E-state index contributed by atoms with van der Waals surface area (Å²) < 4.78 is 26.2. The standard InChI is InChI=1S/C15H23N3O3S/c1-12-4-5-14(10-13(12)2)22(20,21)17(3)11-15(19)18-8-6-16-7-9-18/h4-5,10,16H,6-9,11H2,1-3H3. The second kappa shape index (κ2) is 6.76. The summed E-state index contributed by atoms with van der Waals surface area (Å²) in [6.45, 7) is 6.42. The van der Waals surface area contributed by atoms with Crippen LogP contribution in [0.1, 0.15) is 11.1 Å². The molecule has 0 atom stereocenters. The molecule has 1 saturated heterocycles. The van der Waals surface area contributed by atoms with Crippen molar-refractivity contribution in [3.05, 3.63) is 29.3 Å². The van der Waals surface area contributed by atoms with Crippen molar-refractivity contribution in [2.24, 2.45) is 0 Å². The molecule has 1 aromatic carbocycles. The molecule has 1 fully saturated rings. The lowest BCUT2D eigenvalue weighted by atomic mass is 10.1. The van der Waals surface area contributed by atoms with Gasteiger partial charge in [0.15, 0.2) is 0 Å². The van der Waals surface area contributed by atoms with Crippen LogP contribution in [0, 0.1) is 13.8 Å². The van der Waals surface area contributed by atoms with E-state index in [0.29, 0.717) is 13.1 Å². The number of piperazine rings is 1. The van der Waals surface area contributed by atoms with Gasteiger partial charge in [-0.3, -0.25) is 4.79 Å². The van der Waals surface area contributed by atoms with E-state index in [1.807, 2.05) is 13.8 Å². The second-order valence-electron chi connectivity index (χ2n) is 5.64. The molecule has 1 N–H and O–H groups in total. The first-order chi connectivity index (χ1) is 10.3. The van der Waals surface area contributed by atoms with Crippen LogP contribution in [0.25, 0.3) is 0 Å². The van der Waals surface area contributed by atoms with Gasteiger partial charge < -0.3 is 10.2 Å². The molecule has 2 rings (SSSR count). The zero-order valence-electron chi connectivity index (χ0n) is 13.3. The molecule has 0 spiro atoms.